The van der Waals surface area contributed by atoms with Gasteiger partial charge in [-0.05, 0) is 56.5 Å². The first-order chi connectivity index (χ1) is 14.5. The number of aryl methyl sites for hydroxylation is 2. The molecule has 1 atom stereocenters. The van der Waals surface area contributed by atoms with Crippen molar-refractivity contribution in [2.24, 2.45) is 0 Å². The predicted octanol–water partition coefficient (Wildman–Crippen LogP) is 2.62. The van der Waals surface area contributed by atoms with E-state index in [0.717, 1.165) is 27.3 Å². The Morgan fingerprint density at radius 3 is 2.23 bits per heavy atom. The Morgan fingerprint density at radius 1 is 1.03 bits per heavy atom. The normalized spacial score (nSPS) is 12.2. The topological polar surface area (TPSA) is 86.8 Å². The molecule has 8 heteroatoms. The fourth-order valence-corrected chi connectivity index (χ4v) is 4.02. The molecule has 31 heavy (non-hydrogen) atoms. The monoisotopic (exact) mass is 445 g/mol. The van der Waals surface area contributed by atoms with Crippen molar-refractivity contribution >= 4 is 27.5 Å². The second-order valence-corrected chi connectivity index (χ2v) is 9.52. The van der Waals surface area contributed by atoms with E-state index in [0.29, 0.717) is 12.2 Å². The fourth-order valence-electron chi connectivity index (χ4n) is 3.18. The minimum Gasteiger partial charge on any atom is -0.355 e. The average molecular weight is 446 g/mol. The lowest BCUT2D eigenvalue weighted by Gasteiger charge is -2.31. The number of carbonyl (C=O) groups excluding carboxylic acids is 2. The molecule has 7 nitrogen and oxygen atoms in total. The number of likely N-dealkylation sites (N-methyl/N-ethyl adjacent to an activating group) is 1. The third-order valence-electron chi connectivity index (χ3n) is 5.17. The molecule has 0 saturated heterocycles. The highest BCUT2D eigenvalue weighted by molar-refractivity contribution is 7.92. The first-order valence-corrected chi connectivity index (χ1v) is 12.1. The SMILES string of the molecule is CCNC(=O)[C@H](C)N(Cc1ccccc1)C(=O)CN(c1ccc(C)c(C)c1)S(C)(=O)=O. The largest absolute Gasteiger partial charge is 0.355 e. The van der Waals surface area contributed by atoms with Crippen molar-refractivity contribution in [2.75, 3.05) is 23.7 Å². The van der Waals surface area contributed by atoms with Crippen LogP contribution in [-0.4, -0.2) is 50.5 Å². The lowest BCUT2D eigenvalue weighted by atomic mass is 10.1. The predicted molar refractivity (Wildman–Crippen MR) is 123 cm³/mol. The maximum atomic E-state index is 13.3. The van der Waals surface area contributed by atoms with Crippen molar-refractivity contribution in [1.82, 2.24) is 10.2 Å². The van der Waals surface area contributed by atoms with Crippen LogP contribution >= 0.6 is 0 Å². The number of nitrogens with one attached hydrogen (secondary N) is 1. The van der Waals surface area contributed by atoms with Crippen LogP contribution in [0.5, 0.6) is 0 Å². The summed E-state index contributed by atoms with van der Waals surface area (Å²) in [7, 11) is -3.72. The molecule has 168 valence electrons. The molecule has 0 fully saturated rings. The van der Waals surface area contributed by atoms with Crippen LogP contribution in [0.4, 0.5) is 5.69 Å². The van der Waals surface area contributed by atoms with Crippen molar-refractivity contribution in [3.8, 4) is 0 Å². The first kappa shape index (κ1) is 24.4. The highest BCUT2D eigenvalue weighted by Crippen LogP contribution is 2.22. The van der Waals surface area contributed by atoms with Gasteiger partial charge in [0.05, 0.1) is 11.9 Å². The molecular weight excluding hydrogens is 414 g/mol. The van der Waals surface area contributed by atoms with Gasteiger partial charge in [0.1, 0.15) is 12.6 Å². The van der Waals surface area contributed by atoms with Gasteiger partial charge in [-0.3, -0.25) is 13.9 Å². The van der Waals surface area contributed by atoms with Crippen LogP contribution in [-0.2, 0) is 26.2 Å². The molecule has 2 amide bonds. The zero-order valence-electron chi connectivity index (χ0n) is 18.8. The Morgan fingerprint density at radius 2 is 1.68 bits per heavy atom. The molecule has 0 aliphatic heterocycles. The quantitative estimate of drug-likeness (QED) is 0.643. The van der Waals surface area contributed by atoms with Gasteiger partial charge in [0.15, 0.2) is 0 Å². The van der Waals surface area contributed by atoms with Crippen LogP contribution in [0.2, 0.25) is 0 Å². The van der Waals surface area contributed by atoms with E-state index in [4.69, 9.17) is 0 Å². The van der Waals surface area contributed by atoms with E-state index in [1.54, 1.807) is 26.0 Å². The van der Waals surface area contributed by atoms with Gasteiger partial charge in [-0.1, -0.05) is 36.4 Å². The van der Waals surface area contributed by atoms with Gasteiger partial charge in [-0.25, -0.2) is 8.42 Å². The third-order valence-corrected chi connectivity index (χ3v) is 6.31. The van der Waals surface area contributed by atoms with Crippen molar-refractivity contribution < 1.29 is 18.0 Å². The number of amides is 2. The number of anilines is 1. The maximum Gasteiger partial charge on any atom is 0.244 e. The molecule has 0 aliphatic carbocycles. The minimum atomic E-state index is -3.72. The number of benzene rings is 2. The number of hydrogen-bond acceptors (Lipinski definition) is 4. The number of nitrogens with zero attached hydrogens (tertiary/aromatic N) is 2. The summed E-state index contributed by atoms with van der Waals surface area (Å²) in [6.45, 7) is 7.52. The van der Waals surface area contributed by atoms with E-state index in [9.17, 15) is 18.0 Å². The summed E-state index contributed by atoms with van der Waals surface area (Å²) < 4.78 is 26.1. The minimum absolute atomic E-state index is 0.197. The summed E-state index contributed by atoms with van der Waals surface area (Å²) in [6.07, 6.45) is 1.07. The van der Waals surface area contributed by atoms with Gasteiger partial charge >= 0.3 is 0 Å². The second kappa shape index (κ2) is 10.4. The molecule has 0 saturated carbocycles. The molecular formula is C23H31N3O4S. The molecule has 0 spiro atoms. The molecule has 0 heterocycles. The molecule has 0 radical (unpaired) electrons. The molecule has 0 aromatic heterocycles. The van der Waals surface area contributed by atoms with E-state index in [2.05, 4.69) is 5.32 Å². The van der Waals surface area contributed by atoms with E-state index in [-0.39, 0.29) is 12.5 Å². The van der Waals surface area contributed by atoms with Gasteiger partial charge in [0.2, 0.25) is 21.8 Å². The summed E-state index contributed by atoms with van der Waals surface area (Å²) in [6, 6.07) is 13.8. The van der Waals surface area contributed by atoms with Gasteiger partial charge < -0.3 is 10.2 Å². The summed E-state index contributed by atoms with van der Waals surface area (Å²) in [5.74, 6) is -0.741. The highest BCUT2D eigenvalue weighted by Gasteiger charge is 2.29. The molecule has 2 rings (SSSR count). The van der Waals surface area contributed by atoms with E-state index in [1.807, 2.05) is 50.2 Å². The second-order valence-electron chi connectivity index (χ2n) is 7.62. The fraction of sp³-hybridized carbons (Fsp3) is 0.391. The zero-order chi connectivity index (χ0) is 23.2. The van der Waals surface area contributed by atoms with Gasteiger partial charge in [-0.2, -0.15) is 0 Å². The standard InChI is InChI=1S/C23H31N3O4S/c1-6-24-23(28)19(4)25(15-20-10-8-7-9-11-20)22(27)16-26(31(5,29)30)21-13-12-17(2)18(3)14-21/h7-14,19H,6,15-16H2,1-5H3,(H,24,28)/t19-/m0/s1. The average Bonchev–Trinajstić information content (AvgIpc) is 2.72. The maximum absolute atomic E-state index is 13.3. The molecule has 0 aliphatic rings. The summed E-state index contributed by atoms with van der Waals surface area (Å²) in [5.41, 5.74) is 3.22. The van der Waals surface area contributed by atoms with Gasteiger partial charge in [0.25, 0.3) is 0 Å². The van der Waals surface area contributed by atoms with Crippen molar-refractivity contribution in [3.63, 3.8) is 0 Å². The molecule has 1 N–H and O–H groups in total. The van der Waals surface area contributed by atoms with Gasteiger partial charge in [0, 0.05) is 13.1 Å². The number of sulfonamides is 1. The Kier molecular flexibility index (Phi) is 8.21. The lowest BCUT2D eigenvalue weighted by molar-refractivity contribution is -0.139. The van der Waals surface area contributed by atoms with Crippen LogP contribution in [0.1, 0.15) is 30.5 Å². The van der Waals surface area contributed by atoms with E-state index in [1.165, 1.54) is 4.90 Å². The number of hydrogen-bond donors (Lipinski definition) is 1. The Labute approximate surface area is 185 Å². The third kappa shape index (κ3) is 6.55. The van der Waals surface area contributed by atoms with Crippen molar-refractivity contribution in [2.45, 2.75) is 40.3 Å². The van der Waals surface area contributed by atoms with E-state index >= 15 is 0 Å². The molecule has 0 bridgehead atoms. The summed E-state index contributed by atoms with van der Waals surface area (Å²) in [4.78, 5) is 27.2. The molecule has 2 aromatic rings. The first-order valence-electron chi connectivity index (χ1n) is 10.2. The van der Waals surface area contributed by atoms with Crippen molar-refractivity contribution in [3.05, 3.63) is 65.2 Å². The molecule has 0 unspecified atom stereocenters. The smallest absolute Gasteiger partial charge is 0.244 e. The highest BCUT2D eigenvalue weighted by atomic mass is 32.2. The Balaban J connectivity index is 2.38. The summed E-state index contributed by atoms with van der Waals surface area (Å²) >= 11 is 0. The van der Waals surface area contributed by atoms with Crippen LogP contribution in [0.3, 0.4) is 0 Å². The van der Waals surface area contributed by atoms with Crippen LogP contribution < -0.4 is 9.62 Å². The van der Waals surface area contributed by atoms with Crippen LogP contribution in [0, 0.1) is 13.8 Å². The zero-order valence-corrected chi connectivity index (χ0v) is 19.6. The van der Waals surface area contributed by atoms with E-state index < -0.39 is 28.5 Å². The Bertz CT molecular complexity index is 1020. The van der Waals surface area contributed by atoms with Crippen LogP contribution in [0.25, 0.3) is 0 Å². The van der Waals surface area contributed by atoms with Crippen LogP contribution in [0.15, 0.2) is 48.5 Å². The number of rotatable bonds is 9. The lowest BCUT2D eigenvalue weighted by Crippen LogP contribution is -2.51. The molecule has 2 aromatic carbocycles. The van der Waals surface area contributed by atoms with Gasteiger partial charge in [-0.15, -0.1) is 0 Å². The van der Waals surface area contributed by atoms with Crippen molar-refractivity contribution in [1.29, 1.82) is 0 Å². The number of carbonyl (C=O) groups is 2. The summed E-state index contributed by atoms with van der Waals surface area (Å²) in [5, 5.41) is 2.73. The Hall–Kier alpha value is -2.87.